The second kappa shape index (κ2) is 9.64. The molecular formula is C20H21Cl3N2O4S. The fourth-order valence-electron chi connectivity index (χ4n) is 3.23. The number of rotatable bonds is 6. The average molecular weight is 492 g/mol. The highest BCUT2D eigenvalue weighted by molar-refractivity contribution is 7.92. The number of ether oxygens (including phenoxy) is 1. The molecule has 0 radical (unpaired) electrons. The number of nitrogens with zero attached hydrogens (tertiary/aromatic N) is 2. The molecule has 6 nitrogen and oxygen atoms in total. The molecule has 1 fully saturated rings. The summed E-state index contributed by atoms with van der Waals surface area (Å²) < 4.78 is 33.5. The molecule has 1 unspecified atom stereocenters. The van der Waals surface area contributed by atoms with Crippen molar-refractivity contribution >= 4 is 56.6 Å². The second-order valence-electron chi connectivity index (χ2n) is 6.97. The molecule has 0 N–H and O–H groups in total. The normalized spacial score (nSPS) is 15.1. The molecule has 30 heavy (non-hydrogen) atoms. The molecule has 1 saturated heterocycles. The lowest BCUT2D eigenvalue weighted by Gasteiger charge is -2.31. The molecule has 10 heteroatoms. The first-order valence-corrected chi connectivity index (χ1v) is 11.9. The minimum Gasteiger partial charge on any atom is -0.447 e. The van der Waals surface area contributed by atoms with Gasteiger partial charge in [-0.1, -0.05) is 34.8 Å². The van der Waals surface area contributed by atoms with E-state index in [4.69, 9.17) is 39.5 Å². The van der Waals surface area contributed by atoms with E-state index in [1.807, 2.05) is 0 Å². The molecule has 2 aromatic carbocycles. The number of hydrogen-bond donors (Lipinski definition) is 0. The first kappa shape index (κ1) is 23.0. The smallest absolute Gasteiger partial charge is 0.409 e. The number of amides is 1. The molecule has 1 heterocycles. The van der Waals surface area contributed by atoms with Gasteiger partial charge in [0, 0.05) is 23.1 Å². The zero-order chi connectivity index (χ0) is 21.9. The van der Waals surface area contributed by atoms with E-state index in [2.05, 4.69) is 0 Å². The number of hydrogen-bond acceptors (Lipinski definition) is 4. The Labute approximate surface area is 191 Å². The van der Waals surface area contributed by atoms with Crippen LogP contribution in [0.15, 0.2) is 47.4 Å². The van der Waals surface area contributed by atoms with E-state index in [-0.39, 0.29) is 22.2 Å². The van der Waals surface area contributed by atoms with Gasteiger partial charge >= 0.3 is 6.09 Å². The van der Waals surface area contributed by atoms with Crippen LogP contribution in [0.3, 0.4) is 0 Å². The lowest BCUT2D eigenvalue weighted by molar-refractivity contribution is 0.107. The summed E-state index contributed by atoms with van der Waals surface area (Å²) in [5.74, 6) is 0. The van der Waals surface area contributed by atoms with E-state index in [9.17, 15) is 13.2 Å². The Hall–Kier alpha value is -1.67. The van der Waals surface area contributed by atoms with Crippen molar-refractivity contribution < 1.29 is 17.9 Å². The van der Waals surface area contributed by atoms with E-state index in [0.29, 0.717) is 23.1 Å². The van der Waals surface area contributed by atoms with Gasteiger partial charge < -0.3 is 9.64 Å². The van der Waals surface area contributed by atoms with Gasteiger partial charge in [0.1, 0.15) is 6.61 Å². The maximum atomic E-state index is 13.5. The maximum absolute atomic E-state index is 13.5. The zero-order valence-electron chi connectivity index (χ0n) is 16.2. The van der Waals surface area contributed by atoms with Crippen LogP contribution in [0.2, 0.25) is 15.1 Å². The van der Waals surface area contributed by atoms with Crippen molar-refractivity contribution in [2.45, 2.75) is 30.7 Å². The maximum Gasteiger partial charge on any atom is 0.409 e. The molecule has 1 atom stereocenters. The van der Waals surface area contributed by atoms with Crippen molar-refractivity contribution in [3.8, 4) is 0 Å². The summed E-state index contributed by atoms with van der Waals surface area (Å²) in [7, 11) is -4.05. The van der Waals surface area contributed by atoms with Gasteiger partial charge in [-0.2, -0.15) is 0 Å². The number of likely N-dealkylation sites (tertiary alicyclic amines) is 1. The van der Waals surface area contributed by atoms with Gasteiger partial charge in [0.15, 0.2) is 0 Å². The second-order valence-corrected chi connectivity index (χ2v) is 10.1. The summed E-state index contributed by atoms with van der Waals surface area (Å²) in [6, 6.07) is 9.61. The van der Waals surface area contributed by atoms with Gasteiger partial charge in [0.25, 0.3) is 10.0 Å². The third-order valence-corrected chi connectivity index (χ3v) is 7.48. The average Bonchev–Trinajstić information content (AvgIpc) is 3.24. The lowest BCUT2D eigenvalue weighted by atomic mass is 10.2. The number of halogens is 3. The van der Waals surface area contributed by atoms with Crippen LogP contribution in [0.1, 0.15) is 19.8 Å². The van der Waals surface area contributed by atoms with Crippen molar-refractivity contribution in [3.05, 3.63) is 57.5 Å². The number of carbonyl (C=O) groups is 1. The third-order valence-electron chi connectivity index (χ3n) is 4.73. The summed E-state index contributed by atoms with van der Waals surface area (Å²) in [5.41, 5.74) is 0.198. The summed E-state index contributed by atoms with van der Waals surface area (Å²) in [6.07, 6.45) is 1.40. The highest BCUT2D eigenvalue weighted by Gasteiger charge is 2.32. The van der Waals surface area contributed by atoms with Gasteiger partial charge in [0.05, 0.1) is 21.6 Å². The molecule has 0 spiro atoms. The number of benzene rings is 2. The molecule has 1 aliphatic rings. The van der Waals surface area contributed by atoms with Gasteiger partial charge in [-0.05, 0) is 62.2 Å². The van der Waals surface area contributed by atoms with E-state index in [0.717, 1.165) is 17.1 Å². The Kier molecular flexibility index (Phi) is 7.39. The van der Waals surface area contributed by atoms with Crippen LogP contribution in [0.5, 0.6) is 0 Å². The lowest BCUT2D eigenvalue weighted by Crippen LogP contribution is -2.43. The summed E-state index contributed by atoms with van der Waals surface area (Å²) in [4.78, 5) is 13.9. The predicted octanol–water partition coefficient (Wildman–Crippen LogP) is 5.46. The molecule has 2 aromatic rings. The van der Waals surface area contributed by atoms with Gasteiger partial charge in [0.2, 0.25) is 0 Å². The predicted molar refractivity (Wildman–Crippen MR) is 119 cm³/mol. The molecular weight excluding hydrogens is 471 g/mol. The largest absolute Gasteiger partial charge is 0.447 e. The van der Waals surface area contributed by atoms with Crippen LogP contribution >= 0.6 is 34.8 Å². The minimum absolute atomic E-state index is 0.0284. The van der Waals surface area contributed by atoms with Crippen LogP contribution < -0.4 is 4.31 Å². The van der Waals surface area contributed by atoms with Crippen LogP contribution in [0, 0.1) is 0 Å². The first-order chi connectivity index (χ1) is 14.2. The van der Waals surface area contributed by atoms with Crippen molar-refractivity contribution in [3.63, 3.8) is 0 Å². The minimum atomic E-state index is -4.05. The Morgan fingerprint density at radius 3 is 2.30 bits per heavy atom. The van der Waals surface area contributed by atoms with Crippen molar-refractivity contribution in [1.82, 2.24) is 4.90 Å². The molecule has 1 amide bonds. The standard InChI is InChI=1S/C20H21Cl3N2O4S/c1-14(13-29-20(26)24-10-2-3-11-24)25(19-12-16(22)6-9-18(19)23)30(27,28)17-7-4-15(21)5-8-17/h4-9,12,14H,2-3,10-11,13H2,1H3. The van der Waals surface area contributed by atoms with Crippen LogP contribution in [-0.4, -0.2) is 45.1 Å². The van der Waals surface area contributed by atoms with Gasteiger partial charge in [-0.15, -0.1) is 0 Å². The van der Waals surface area contributed by atoms with Gasteiger partial charge in [-0.3, -0.25) is 4.31 Å². The summed E-state index contributed by atoms with van der Waals surface area (Å²) in [5, 5.41) is 0.940. The topological polar surface area (TPSA) is 66.9 Å². The van der Waals surface area contributed by atoms with Gasteiger partial charge in [-0.25, -0.2) is 13.2 Å². The monoisotopic (exact) mass is 490 g/mol. The van der Waals surface area contributed by atoms with Crippen LogP contribution in [0.25, 0.3) is 0 Å². The van der Waals surface area contributed by atoms with Crippen molar-refractivity contribution in [1.29, 1.82) is 0 Å². The van der Waals surface area contributed by atoms with Crippen LogP contribution in [-0.2, 0) is 14.8 Å². The molecule has 0 saturated carbocycles. The molecule has 0 aliphatic carbocycles. The van der Waals surface area contributed by atoms with Crippen molar-refractivity contribution in [2.24, 2.45) is 0 Å². The summed E-state index contributed by atoms with van der Waals surface area (Å²) >= 11 is 18.3. The Balaban J connectivity index is 1.93. The Bertz CT molecular complexity index is 1010. The molecule has 0 aromatic heterocycles. The quantitative estimate of drug-likeness (QED) is 0.538. The van der Waals surface area contributed by atoms with E-state index in [1.165, 1.54) is 36.4 Å². The zero-order valence-corrected chi connectivity index (χ0v) is 19.3. The van der Waals surface area contributed by atoms with E-state index >= 15 is 0 Å². The molecule has 0 bridgehead atoms. The molecule has 1 aliphatic heterocycles. The van der Waals surface area contributed by atoms with E-state index in [1.54, 1.807) is 17.9 Å². The third kappa shape index (κ3) is 5.14. The van der Waals surface area contributed by atoms with E-state index < -0.39 is 22.2 Å². The molecule has 162 valence electrons. The fraction of sp³-hybridized carbons (Fsp3) is 0.350. The first-order valence-electron chi connectivity index (χ1n) is 9.37. The number of anilines is 1. The Morgan fingerprint density at radius 2 is 1.67 bits per heavy atom. The molecule has 3 rings (SSSR count). The number of sulfonamides is 1. The van der Waals surface area contributed by atoms with Crippen molar-refractivity contribution in [2.75, 3.05) is 24.0 Å². The highest BCUT2D eigenvalue weighted by Crippen LogP contribution is 2.35. The Morgan fingerprint density at radius 1 is 1.07 bits per heavy atom. The number of carbonyl (C=O) groups excluding carboxylic acids is 1. The summed E-state index contributed by atoms with van der Waals surface area (Å²) in [6.45, 7) is 2.77. The SMILES string of the molecule is CC(COC(=O)N1CCCC1)N(c1cc(Cl)ccc1Cl)S(=O)(=O)c1ccc(Cl)cc1. The van der Waals surface area contributed by atoms with Crippen LogP contribution in [0.4, 0.5) is 10.5 Å². The highest BCUT2D eigenvalue weighted by atomic mass is 35.5. The fourth-order valence-corrected chi connectivity index (χ4v) is 5.43.